The normalized spacial score (nSPS) is 10.3. The Morgan fingerprint density at radius 2 is 1.84 bits per heavy atom. The van der Waals surface area contributed by atoms with E-state index in [1.54, 1.807) is 25.1 Å². The van der Waals surface area contributed by atoms with Crippen LogP contribution in [0.15, 0.2) is 36.4 Å². The topological polar surface area (TPSA) is 26.3 Å². The third-order valence-corrected chi connectivity index (χ3v) is 3.02. The molecule has 3 heteroatoms. The first-order chi connectivity index (χ1) is 9.02. The number of hydrogen-bond donors (Lipinski definition) is 0. The van der Waals surface area contributed by atoms with E-state index in [1.807, 2.05) is 13.0 Å². The molecule has 0 bridgehead atoms. The molecule has 0 aliphatic rings. The van der Waals surface area contributed by atoms with Gasteiger partial charge in [-0.05, 0) is 49.7 Å². The highest BCUT2D eigenvalue weighted by molar-refractivity contribution is 6.10. The van der Waals surface area contributed by atoms with Crippen LogP contribution in [0.4, 0.5) is 4.39 Å². The van der Waals surface area contributed by atoms with E-state index in [1.165, 1.54) is 19.2 Å². The third kappa shape index (κ3) is 2.65. The summed E-state index contributed by atoms with van der Waals surface area (Å²) < 4.78 is 18.4. The summed E-state index contributed by atoms with van der Waals surface area (Å²) in [6.07, 6.45) is 0. The van der Waals surface area contributed by atoms with Crippen molar-refractivity contribution < 1.29 is 13.9 Å². The Kier molecular flexibility index (Phi) is 3.65. The molecule has 0 radical (unpaired) electrons. The molecule has 0 aromatic heterocycles. The van der Waals surface area contributed by atoms with Gasteiger partial charge in [-0.1, -0.05) is 11.6 Å². The number of halogens is 1. The van der Waals surface area contributed by atoms with Gasteiger partial charge < -0.3 is 4.74 Å². The lowest BCUT2D eigenvalue weighted by atomic mass is 9.99. The molecule has 2 aromatic rings. The molecule has 2 aromatic carbocycles. The molecule has 0 aliphatic heterocycles. The predicted molar refractivity (Wildman–Crippen MR) is 72.3 cm³/mol. The summed E-state index contributed by atoms with van der Waals surface area (Å²) in [6.45, 7) is 3.55. The molecule has 98 valence electrons. The van der Waals surface area contributed by atoms with E-state index >= 15 is 0 Å². The molecule has 0 saturated carbocycles. The van der Waals surface area contributed by atoms with Gasteiger partial charge in [0.15, 0.2) is 5.78 Å². The Morgan fingerprint density at radius 1 is 1.11 bits per heavy atom. The van der Waals surface area contributed by atoms with E-state index in [-0.39, 0.29) is 11.6 Å². The van der Waals surface area contributed by atoms with Gasteiger partial charge in [0.05, 0.1) is 12.7 Å². The minimum Gasteiger partial charge on any atom is -0.496 e. The first-order valence-electron chi connectivity index (χ1n) is 5.98. The number of ketones is 1. The molecule has 2 rings (SSSR count). The zero-order valence-corrected chi connectivity index (χ0v) is 11.2. The molecule has 0 aliphatic carbocycles. The van der Waals surface area contributed by atoms with Gasteiger partial charge in [0.2, 0.25) is 0 Å². The number of benzene rings is 2. The third-order valence-electron chi connectivity index (χ3n) is 3.02. The highest BCUT2D eigenvalue weighted by Crippen LogP contribution is 2.23. The fraction of sp³-hybridized carbons (Fsp3) is 0.188. The summed E-state index contributed by atoms with van der Waals surface area (Å²) in [7, 11) is 1.53. The van der Waals surface area contributed by atoms with E-state index in [0.29, 0.717) is 22.4 Å². The van der Waals surface area contributed by atoms with Crippen molar-refractivity contribution in [3.05, 3.63) is 64.5 Å². The minimum atomic E-state index is -0.312. The average Bonchev–Trinajstić information content (AvgIpc) is 2.41. The fourth-order valence-corrected chi connectivity index (χ4v) is 1.94. The van der Waals surface area contributed by atoms with Crippen molar-refractivity contribution in [1.29, 1.82) is 0 Å². The number of carbonyl (C=O) groups is 1. The molecule has 0 unspecified atom stereocenters. The van der Waals surface area contributed by atoms with Gasteiger partial charge in [0, 0.05) is 5.56 Å². The van der Waals surface area contributed by atoms with Gasteiger partial charge in [0.25, 0.3) is 0 Å². The Bertz CT molecular complexity index is 633. The molecular weight excluding hydrogens is 243 g/mol. The monoisotopic (exact) mass is 258 g/mol. The lowest BCUT2D eigenvalue weighted by Gasteiger charge is -2.09. The van der Waals surface area contributed by atoms with Gasteiger partial charge in [-0.3, -0.25) is 4.79 Å². The molecule has 0 fully saturated rings. The Labute approximate surface area is 111 Å². The highest BCUT2D eigenvalue weighted by Gasteiger charge is 2.15. The van der Waals surface area contributed by atoms with E-state index in [4.69, 9.17) is 4.74 Å². The second-order valence-corrected chi connectivity index (χ2v) is 4.50. The van der Waals surface area contributed by atoms with Gasteiger partial charge in [-0.2, -0.15) is 0 Å². The maximum atomic E-state index is 13.2. The van der Waals surface area contributed by atoms with E-state index in [2.05, 4.69) is 0 Å². The van der Waals surface area contributed by atoms with E-state index < -0.39 is 0 Å². The number of rotatable bonds is 3. The first-order valence-corrected chi connectivity index (χ1v) is 5.98. The van der Waals surface area contributed by atoms with Crippen molar-refractivity contribution in [3.63, 3.8) is 0 Å². The predicted octanol–water partition coefficient (Wildman–Crippen LogP) is 3.68. The molecule has 0 N–H and O–H groups in total. The smallest absolute Gasteiger partial charge is 0.196 e. The second-order valence-electron chi connectivity index (χ2n) is 4.50. The van der Waals surface area contributed by atoms with Crippen molar-refractivity contribution in [2.45, 2.75) is 13.8 Å². The zero-order chi connectivity index (χ0) is 14.0. The summed E-state index contributed by atoms with van der Waals surface area (Å²) in [5.41, 5.74) is 2.39. The largest absolute Gasteiger partial charge is 0.496 e. The molecule has 19 heavy (non-hydrogen) atoms. The molecule has 0 heterocycles. The molecule has 0 atom stereocenters. The van der Waals surface area contributed by atoms with Crippen molar-refractivity contribution in [1.82, 2.24) is 0 Å². The quantitative estimate of drug-likeness (QED) is 0.785. The van der Waals surface area contributed by atoms with Crippen LogP contribution in [0.3, 0.4) is 0 Å². The number of ether oxygens (including phenoxy) is 1. The first kappa shape index (κ1) is 13.3. The number of methoxy groups -OCH3 is 1. The Balaban J connectivity index is 2.49. The Hall–Kier alpha value is -2.16. The van der Waals surface area contributed by atoms with Crippen molar-refractivity contribution >= 4 is 5.78 Å². The number of hydrogen-bond acceptors (Lipinski definition) is 2. The van der Waals surface area contributed by atoms with Crippen LogP contribution in [0.25, 0.3) is 0 Å². The summed E-state index contributed by atoms with van der Waals surface area (Å²) >= 11 is 0. The highest BCUT2D eigenvalue weighted by atomic mass is 19.1. The number of carbonyl (C=O) groups excluding carboxylic acids is 1. The van der Waals surface area contributed by atoms with Gasteiger partial charge in [-0.25, -0.2) is 4.39 Å². The molecular formula is C16H15FO2. The fourth-order valence-electron chi connectivity index (χ4n) is 1.94. The molecule has 0 spiro atoms. The molecule has 2 nitrogen and oxygen atoms in total. The van der Waals surface area contributed by atoms with Gasteiger partial charge >= 0.3 is 0 Å². The second kappa shape index (κ2) is 5.22. The summed E-state index contributed by atoms with van der Waals surface area (Å²) in [6, 6.07) is 9.78. The van der Waals surface area contributed by atoms with Crippen LogP contribution in [0.2, 0.25) is 0 Å². The van der Waals surface area contributed by atoms with Crippen LogP contribution in [-0.4, -0.2) is 12.9 Å². The van der Waals surface area contributed by atoms with E-state index in [9.17, 15) is 9.18 Å². The van der Waals surface area contributed by atoms with Gasteiger partial charge in [-0.15, -0.1) is 0 Å². The summed E-state index contributed by atoms with van der Waals surface area (Å²) in [5, 5.41) is 0. The molecule has 0 saturated heterocycles. The Morgan fingerprint density at radius 3 is 2.47 bits per heavy atom. The van der Waals surface area contributed by atoms with Crippen molar-refractivity contribution in [3.8, 4) is 5.75 Å². The van der Waals surface area contributed by atoms with Crippen LogP contribution < -0.4 is 4.74 Å². The lowest BCUT2D eigenvalue weighted by Crippen LogP contribution is -2.05. The van der Waals surface area contributed by atoms with Crippen LogP contribution in [0, 0.1) is 19.7 Å². The van der Waals surface area contributed by atoms with Crippen LogP contribution in [-0.2, 0) is 0 Å². The van der Waals surface area contributed by atoms with Crippen LogP contribution >= 0.6 is 0 Å². The lowest BCUT2D eigenvalue weighted by molar-refractivity contribution is 0.103. The zero-order valence-electron chi connectivity index (χ0n) is 11.2. The SMILES string of the molecule is COc1ccc(C)cc1C(=O)c1ccc(F)c(C)c1. The van der Waals surface area contributed by atoms with Crippen LogP contribution in [0.5, 0.6) is 5.75 Å². The standard InChI is InChI=1S/C16H15FO2/c1-10-4-7-15(19-3)13(8-10)16(18)12-5-6-14(17)11(2)9-12/h4-9H,1-3H3. The van der Waals surface area contributed by atoms with Gasteiger partial charge in [0.1, 0.15) is 11.6 Å². The molecule has 0 amide bonds. The maximum Gasteiger partial charge on any atom is 0.196 e. The number of aryl methyl sites for hydroxylation is 2. The maximum absolute atomic E-state index is 13.2. The summed E-state index contributed by atoms with van der Waals surface area (Å²) in [5.74, 6) is 0.0500. The van der Waals surface area contributed by atoms with Crippen molar-refractivity contribution in [2.75, 3.05) is 7.11 Å². The minimum absolute atomic E-state index is 0.163. The summed E-state index contributed by atoms with van der Waals surface area (Å²) in [4.78, 5) is 12.4. The average molecular weight is 258 g/mol. The van der Waals surface area contributed by atoms with Crippen LogP contribution in [0.1, 0.15) is 27.0 Å². The van der Waals surface area contributed by atoms with Crippen molar-refractivity contribution in [2.24, 2.45) is 0 Å². The van der Waals surface area contributed by atoms with E-state index in [0.717, 1.165) is 5.56 Å².